The van der Waals surface area contributed by atoms with Crippen molar-refractivity contribution in [1.82, 2.24) is 5.32 Å². The fourth-order valence-electron chi connectivity index (χ4n) is 3.59. The lowest BCUT2D eigenvalue weighted by molar-refractivity contribution is 0.276. The van der Waals surface area contributed by atoms with E-state index in [1.165, 1.54) is 16.0 Å². The van der Waals surface area contributed by atoms with Crippen LogP contribution in [0.2, 0.25) is 0 Å². The van der Waals surface area contributed by atoms with Crippen molar-refractivity contribution in [1.29, 1.82) is 0 Å². The largest absolute Gasteiger partial charge is 0.694 e. The summed E-state index contributed by atoms with van der Waals surface area (Å²) in [7, 11) is -0.822. The first kappa shape index (κ1) is 26.3. The molecule has 3 rings (SSSR count). The van der Waals surface area contributed by atoms with Gasteiger partial charge < -0.3 is 14.8 Å². The van der Waals surface area contributed by atoms with E-state index in [0.717, 1.165) is 49.3 Å². The van der Waals surface area contributed by atoms with Crippen LogP contribution in [0.1, 0.15) is 36.8 Å². The van der Waals surface area contributed by atoms with E-state index in [1.807, 2.05) is 12.1 Å². The van der Waals surface area contributed by atoms with E-state index in [0.29, 0.717) is 19.6 Å². The molecule has 8 heteroatoms. The highest BCUT2D eigenvalue weighted by Crippen LogP contribution is 2.34. The van der Waals surface area contributed by atoms with Crippen LogP contribution in [0.5, 0.6) is 11.5 Å². The highest BCUT2D eigenvalue weighted by molar-refractivity contribution is 7.32. The van der Waals surface area contributed by atoms with Gasteiger partial charge in [0.25, 0.3) is 0 Å². The van der Waals surface area contributed by atoms with Crippen molar-refractivity contribution < 1.29 is 23.5 Å². The van der Waals surface area contributed by atoms with Crippen LogP contribution >= 0.6 is 19.6 Å². The van der Waals surface area contributed by atoms with Crippen LogP contribution in [0, 0.1) is 0 Å². The van der Waals surface area contributed by atoms with E-state index in [4.69, 9.17) is 14.4 Å². The number of hydrogen-bond acceptors (Lipinski definition) is 6. The van der Waals surface area contributed by atoms with Gasteiger partial charge in [-0.15, -0.1) is 20.8 Å². The smallest absolute Gasteiger partial charge is 0.497 e. The number of rotatable bonds is 16. The van der Waals surface area contributed by atoms with Gasteiger partial charge in [0, 0.05) is 21.6 Å². The summed E-state index contributed by atoms with van der Waals surface area (Å²) in [4.78, 5) is 9.84. The van der Waals surface area contributed by atoms with Crippen molar-refractivity contribution >= 4 is 19.6 Å². The Hall–Kier alpha value is -2.28. The summed E-state index contributed by atoms with van der Waals surface area (Å²) in [6.07, 6.45) is 5.02. The lowest BCUT2D eigenvalue weighted by Crippen LogP contribution is -2.16. The minimum Gasteiger partial charge on any atom is -0.497 e. The van der Waals surface area contributed by atoms with Crippen molar-refractivity contribution in [2.75, 3.05) is 26.9 Å². The van der Waals surface area contributed by atoms with Gasteiger partial charge in [0.05, 0.1) is 13.7 Å². The summed E-state index contributed by atoms with van der Waals surface area (Å²) in [5, 5.41) is 5.43. The van der Waals surface area contributed by atoms with Crippen molar-refractivity contribution in [2.45, 2.75) is 38.6 Å². The first-order valence-electron chi connectivity index (χ1n) is 11.6. The molecular formula is C26H33NO5PS+. The SMILES string of the molecule is COc1ccc(CCCCCOc2ccc(CNCCCO[P+](=O)O)cc2-c2cccs2)cc1. The maximum Gasteiger partial charge on any atom is 0.694 e. The topological polar surface area (TPSA) is 77.0 Å². The number of methoxy groups -OCH3 is 1. The number of hydrogen-bond donors (Lipinski definition) is 2. The molecule has 0 aliphatic carbocycles. The Balaban J connectivity index is 1.44. The van der Waals surface area contributed by atoms with Crippen molar-refractivity contribution in [3.05, 3.63) is 71.1 Å². The summed E-state index contributed by atoms with van der Waals surface area (Å²) in [5.74, 6) is 1.81. The Labute approximate surface area is 206 Å². The van der Waals surface area contributed by atoms with Crippen LogP contribution in [-0.2, 0) is 22.1 Å². The fraction of sp³-hybridized carbons (Fsp3) is 0.385. The van der Waals surface area contributed by atoms with Crippen molar-refractivity contribution in [2.24, 2.45) is 0 Å². The number of benzene rings is 2. The second-order valence-corrected chi connectivity index (χ2v) is 9.60. The molecule has 0 spiro atoms. The average Bonchev–Trinajstić information content (AvgIpc) is 3.39. The lowest BCUT2D eigenvalue weighted by Gasteiger charge is -2.13. The van der Waals surface area contributed by atoms with Crippen LogP contribution in [0.25, 0.3) is 10.4 Å². The van der Waals surface area contributed by atoms with E-state index in [9.17, 15) is 4.57 Å². The monoisotopic (exact) mass is 502 g/mol. The van der Waals surface area contributed by atoms with E-state index in [-0.39, 0.29) is 6.61 Å². The quantitative estimate of drug-likeness (QED) is 0.175. The molecule has 0 radical (unpaired) electrons. The van der Waals surface area contributed by atoms with Gasteiger partial charge in [-0.25, -0.2) is 0 Å². The molecule has 0 aliphatic rings. The Morgan fingerprint density at radius 3 is 2.53 bits per heavy atom. The Kier molecular flexibility index (Phi) is 11.5. The van der Waals surface area contributed by atoms with E-state index >= 15 is 0 Å². The maximum absolute atomic E-state index is 10.5. The molecule has 182 valence electrons. The third-order valence-electron chi connectivity index (χ3n) is 5.39. The van der Waals surface area contributed by atoms with Crippen molar-refractivity contribution in [3.8, 4) is 21.9 Å². The molecule has 1 unspecified atom stereocenters. The Morgan fingerprint density at radius 2 is 1.79 bits per heavy atom. The minimum absolute atomic E-state index is 0.270. The summed E-state index contributed by atoms with van der Waals surface area (Å²) >= 11 is 1.71. The molecule has 6 nitrogen and oxygen atoms in total. The highest BCUT2D eigenvalue weighted by Gasteiger charge is 2.11. The normalized spacial score (nSPS) is 11.4. The zero-order valence-corrected chi connectivity index (χ0v) is 21.3. The van der Waals surface area contributed by atoms with Gasteiger partial charge in [0.15, 0.2) is 0 Å². The van der Waals surface area contributed by atoms with Gasteiger partial charge >= 0.3 is 8.25 Å². The molecule has 0 fully saturated rings. The Morgan fingerprint density at radius 1 is 0.971 bits per heavy atom. The van der Waals surface area contributed by atoms with Gasteiger partial charge in [0.2, 0.25) is 0 Å². The number of ether oxygens (including phenoxy) is 2. The van der Waals surface area contributed by atoms with Gasteiger partial charge in [-0.1, -0.05) is 24.3 Å². The molecule has 0 amide bonds. The average molecular weight is 503 g/mol. The maximum atomic E-state index is 10.5. The summed E-state index contributed by atoms with van der Waals surface area (Å²) in [6, 6.07) is 18.8. The molecule has 0 bridgehead atoms. The number of thiophene rings is 1. The number of aryl methyl sites for hydroxylation is 1. The second-order valence-electron chi connectivity index (χ2n) is 7.92. The summed E-state index contributed by atoms with van der Waals surface area (Å²) in [5.41, 5.74) is 3.62. The first-order chi connectivity index (χ1) is 16.7. The molecule has 1 aromatic heterocycles. The predicted molar refractivity (Wildman–Crippen MR) is 138 cm³/mol. The molecule has 1 atom stereocenters. The number of nitrogens with one attached hydrogen (secondary N) is 1. The third-order valence-corrected chi connectivity index (χ3v) is 6.69. The van der Waals surface area contributed by atoms with E-state index in [1.54, 1.807) is 18.4 Å². The van der Waals surface area contributed by atoms with E-state index in [2.05, 4.69) is 57.7 Å². The van der Waals surface area contributed by atoms with Crippen LogP contribution in [0.15, 0.2) is 60.0 Å². The predicted octanol–water partition coefficient (Wildman–Crippen LogP) is 6.36. The summed E-state index contributed by atoms with van der Waals surface area (Å²) < 4.78 is 26.6. The molecule has 1 heterocycles. The van der Waals surface area contributed by atoms with E-state index < -0.39 is 8.25 Å². The Bertz CT molecular complexity index is 995. The highest BCUT2D eigenvalue weighted by atomic mass is 32.1. The first-order valence-corrected chi connectivity index (χ1v) is 13.6. The molecule has 2 aromatic carbocycles. The van der Waals surface area contributed by atoms with Gasteiger partial charge in [-0.05, 0) is 85.5 Å². The molecule has 34 heavy (non-hydrogen) atoms. The molecule has 2 N–H and O–H groups in total. The van der Waals surface area contributed by atoms with Gasteiger partial charge in [-0.2, -0.15) is 0 Å². The van der Waals surface area contributed by atoms with Gasteiger partial charge in [-0.3, -0.25) is 0 Å². The minimum atomic E-state index is -2.51. The van der Waals surface area contributed by atoms with Crippen molar-refractivity contribution in [3.63, 3.8) is 0 Å². The number of unbranched alkanes of at least 4 members (excludes halogenated alkanes) is 2. The molecule has 3 aromatic rings. The second kappa shape index (κ2) is 14.9. The summed E-state index contributed by atoms with van der Waals surface area (Å²) in [6.45, 7) is 2.40. The molecule has 0 aliphatic heterocycles. The molecular weight excluding hydrogens is 469 g/mol. The zero-order valence-electron chi connectivity index (χ0n) is 19.6. The standard InChI is InChI=1S/C26H32NO5PS/c1-30-23-12-9-21(10-13-23)7-3-2-4-16-31-25-14-11-22(19-24(25)26-8-5-18-34-26)20-27-15-6-17-32-33(28)29/h5,8-14,18-19,27H,2-4,6-7,15-17,20H2,1H3/p+1. The van der Waals surface area contributed by atoms with Crippen LogP contribution in [0.4, 0.5) is 0 Å². The van der Waals surface area contributed by atoms with Crippen LogP contribution in [-0.4, -0.2) is 31.8 Å². The van der Waals surface area contributed by atoms with Gasteiger partial charge in [0.1, 0.15) is 18.1 Å². The zero-order chi connectivity index (χ0) is 24.0. The lowest BCUT2D eigenvalue weighted by atomic mass is 10.1. The molecule has 0 saturated carbocycles. The fourth-order valence-corrected chi connectivity index (χ4v) is 4.62. The third kappa shape index (κ3) is 9.16. The van der Waals surface area contributed by atoms with Crippen LogP contribution in [0.3, 0.4) is 0 Å². The molecule has 0 saturated heterocycles. The van der Waals surface area contributed by atoms with Crippen LogP contribution < -0.4 is 14.8 Å².